The Morgan fingerprint density at radius 1 is 1.46 bits per heavy atom. The molecule has 0 unspecified atom stereocenters. The highest BCUT2D eigenvalue weighted by atomic mass is 32.2. The van der Waals surface area contributed by atoms with E-state index in [4.69, 9.17) is 0 Å². The van der Waals surface area contributed by atoms with Crippen LogP contribution in [0.2, 0.25) is 0 Å². The maximum Gasteiger partial charge on any atom is 0.259 e. The van der Waals surface area contributed by atoms with Crippen molar-refractivity contribution in [2.45, 2.75) is 18.9 Å². The lowest BCUT2D eigenvalue weighted by molar-refractivity contribution is -0.116. The molecule has 0 aromatic carbocycles. The Hall–Kier alpha value is -2.06. The summed E-state index contributed by atoms with van der Waals surface area (Å²) in [6.07, 6.45) is 7.63. The largest absolute Gasteiger partial charge is 0.350 e. The number of aromatic nitrogens is 3. The summed E-state index contributed by atoms with van der Waals surface area (Å²) in [6, 6.07) is 2.37. The Kier molecular flexibility index (Phi) is 4.40. The van der Waals surface area contributed by atoms with Crippen molar-refractivity contribution < 1.29 is 4.79 Å². The van der Waals surface area contributed by atoms with Gasteiger partial charge in [-0.1, -0.05) is 0 Å². The Bertz CT molecular complexity index is 767. The molecule has 0 aliphatic carbocycles. The zero-order valence-electron chi connectivity index (χ0n) is 13.3. The fourth-order valence-corrected chi connectivity index (χ4v) is 4.02. The van der Waals surface area contributed by atoms with Crippen LogP contribution in [0, 0.1) is 0 Å². The zero-order chi connectivity index (χ0) is 16.4. The molecule has 0 saturated carbocycles. The number of H-pyrrole nitrogens is 1. The molecule has 1 amide bonds. The number of hydrogen-bond acceptors (Lipinski definition) is 6. The second kappa shape index (κ2) is 6.82. The van der Waals surface area contributed by atoms with Crippen LogP contribution in [0.5, 0.6) is 0 Å². The fraction of sp³-hybridized carbons (Fsp3) is 0.438. The number of rotatable bonds is 4. The van der Waals surface area contributed by atoms with Crippen LogP contribution < -0.4 is 15.5 Å². The van der Waals surface area contributed by atoms with Crippen LogP contribution in [0.15, 0.2) is 29.7 Å². The van der Waals surface area contributed by atoms with Crippen molar-refractivity contribution in [3.8, 4) is 0 Å². The molecule has 24 heavy (non-hydrogen) atoms. The first-order chi connectivity index (χ1) is 11.8. The van der Waals surface area contributed by atoms with Gasteiger partial charge in [0.2, 0.25) is 0 Å². The Morgan fingerprint density at radius 3 is 3.29 bits per heavy atom. The van der Waals surface area contributed by atoms with Crippen molar-refractivity contribution in [1.29, 1.82) is 0 Å². The van der Waals surface area contributed by atoms with Crippen LogP contribution in [-0.2, 0) is 4.79 Å². The first kappa shape index (κ1) is 15.5. The van der Waals surface area contributed by atoms with E-state index in [1.54, 1.807) is 18.1 Å². The maximum absolute atomic E-state index is 12.5. The topological polar surface area (TPSA) is 85.9 Å². The summed E-state index contributed by atoms with van der Waals surface area (Å²) in [4.78, 5) is 26.9. The molecule has 2 aliphatic rings. The number of hydrogen-bond donors (Lipinski definition) is 3. The van der Waals surface area contributed by atoms with Gasteiger partial charge in [-0.3, -0.25) is 4.79 Å². The Morgan fingerprint density at radius 2 is 2.42 bits per heavy atom. The van der Waals surface area contributed by atoms with Gasteiger partial charge in [-0.2, -0.15) is 0 Å². The lowest BCUT2D eigenvalue weighted by Gasteiger charge is -2.25. The molecule has 4 rings (SSSR count). The third-order valence-electron chi connectivity index (χ3n) is 4.36. The SMILES string of the molecule is O=C(NC[C@H]1CCCN1)C1=CN(c2ncnc3[nH]ccc23)CCS1. The van der Waals surface area contributed by atoms with Crippen molar-refractivity contribution in [3.63, 3.8) is 0 Å². The van der Waals surface area contributed by atoms with Gasteiger partial charge >= 0.3 is 0 Å². The minimum Gasteiger partial charge on any atom is -0.350 e. The molecule has 0 spiro atoms. The van der Waals surface area contributed by atoms with E-state index in [-0.39, 0.29) is 5.91 Å². The number of aromatic amines is 1. The molecule has 1 fully saturated rings. The molecule has 126 valence electrons. The van der Waals surface area contributed by atoms with E-state index in [1.807, 2.05) is 23.4 Å². The number of nitrogens with zero attached hydrogens (tertiary/aromatic N) is 3. The van der Waals surface area contributed by atoms with E-state index in [0.29, 0.717) is 12.6 Å². The van der Waals surface area contributed by atoms with Crippen LogP contribution in [0.3, 0.4) is 0 Å². The Balaban J connectivity index is 1.50. The highest BCUT2D eigenvalue weighted by Gasteiger charge is 2.21. The monoisotopic (exact) mass is 344 g/mol. The lowest BCUT2D eigenvalue weighted by atomic mass is 10.2. The van der Waals surface area contributed by atoms with Crippen LogP contribution in [0.25, 0.3) is 11.0 Å². The zero-order valence-corrected chi connectivity index (χ0v) is 14.1. The van der Waals surface area contributed by atoms with Crippen LogP contribution in [-0.4, -0.2) is 52.3 Å². The predicted molar refractivity (Wildman–Crippen MR) is 95.8 cm³/mol. The van der Waals surface area contributed by atoms with Crippen LogP contribution in [0.4, 0.5) is 5.82 Å². The average molecular weight is 344 g/mol. The van der Waals surface area contributed by atoms with Gasteiger partial charge in [0, 0.05) is 37.3 Å². The Labute approximate surface area is 144 Å². The summed E-state index contributed by atoms with van der Waals surface area (Å²) in [5, 5.41) is 7.41. The molecule has 1 saturated heterocycles. The molecule has 7 nitrogen and oxygen atoms in total. The molecule has 0 bridgehead atoms. The molecular formula is C16H20N6OS. The highest BCUT2D eigenvalue weighted by Crippen LogP contribution is 2.28. The van der Waals surface area contributed by atoms with Crippen molar-refractivity contribution in [2.24, 2.45) is 0 Å². The third kappa shape index (κ3) is 3.11. The summed E-state index contributed by atoms with van der Waals surface area (Å²) in [6.45, 7) is 2.56. The van der Waals surface area contributed by atoms with Crippen molar-refractivity contribution in [1.82, 2.24) is 25.6 Å². The number of fused-ring (bicyclic) bond motifs is 1. The third-order valence-corrected chi connectivity index (χ3v) is 5.35. The normalized spacial score (nSPS) is 21.1. The van der Waals surface area contributed by atoms with Gasteiger partial charge in [0.05, 0.1) is 10.3 Å². The molecule has 2 aromatic rings. The number of carbonyl (C=O) groups excluding carboxylic acids is 1. The highest BCUT2D eigenvalue weighted by molar-refractivity contribution is 8.04. The molecular weight excluding hydrogens is 324 g/mol. The lowest BCUT2D eigenvalue weighted by Crippen LogP contribution is -2.38. The van der Waals surface area contributed by atoms with Gasteiger partial charge in [-0.25, -0.2) is 9.97 Å². The molecule has 2 aromatic heterocycles. The minimum atomic E-state index is -0.00207. The number of anilines is 1. The molecule has 3 N–H and O–H groups in total. The second-order valence-corrected chi connectivity index (χ2v) is 7.11. The number of carbonyl (C=O) groups is 1. The molecule has 1 atom stereocenters. The summed E-state index contributed by atoms with van der Waals surface area (Å²) in [7, 11) is 0. The van der Waals surface area contributed by atoms with Crippen molar-refractivity contribution in [2.75, 3.05) is 30.3 Å². The van der Waals surface area contributed by atoms with E-state index in [0.717, 1.165) is 47.0 Å². The van der Waals surface area contributed by atoms with E-state index in [1.165, 1.54) is 6.42 Å². The summed E-state index contributed by atoms with van der Waals surface area (Å²) in [5.41, 5.74) is 0.810. The molecule has 8 heteroatoms. The molecule has 0 radical (unpaired) electrons. The number of nitrogens with one attached hydrogen (secondary N) is 3. The van der Waals surface area contributed by atoms with Crippen molar-refractivity contribution >= 4 is 34.5 Å². The smallest absolute Gasteiger partial charge is 0.259 e. The second-order valence-electron chi connectivity index (χ2n) is 5.98. The number of thioether (sulfide) groups is 1. The van der Waals surface area contributed by atoms with Gasteiger partial charge < -0.3 is 20.5 Å². The van der Waals surface area contributed by atoms with Gasteiger partial charge in [0.25, 0.3) is 5.91 Å². The summed E-state index contributed by atoms with van der Waals surface area (Å²) < 4.78 is 0. The van der Waals surface area contributed by atoms with Crippen molar-refractivity contribution in [3.05, 3.63) is 29.7 Å². The predicted octanol–water partition coefficient (Wildman–Crippen LogP) is 1.22. The number of amides is 1. The first-order valence-electron chi connectivity index (χ1n) is 8.22. The van der Waals surface area contributed by atoms with E-state index in [9.17, 15) is 4.79 Å². The molecule has 2 aliphatic heterocycles. The quantitative estimate of drug-likeness (QED) is 0.773. The summed E-state index contributed by atoms with van der Waals surface area (Å²) >= 11 is 1.60. The average Bonchev–Trinajstić information content (AvgIpc) is 3.30. The van der Waals surface area contributed by atoms with Gasteiger partial charge in [0.15, 0.2) is 0 Å². The fourth-order valence-electron chi connectivity index (χ4n) is 3.11. The van der Waals surface area contributed by atoms with Gasteiger partial charge in [-0.05, 0) is 25.5 Å². The maximum atomic E-state index is 12.5. The van der Waals surface area contributed by atoms with E-state index >= 15 is 0 Å². The molecule has 4 heterocycles. The first-order valence-corrected chi connectivity index (χ1v) is 9.21. The van der Waals surface area contributed by atoms with Gasteiger partial charge in [-0.15, -0.1) is 11.8 Å². The minimum absolute atomic E-state index is 0.00207. The van der Waals surface area contributed by atoms with Gasteiger partial charge in [0.1, 0.15) is 17.8 Å². The standard InChI is InChI=1S/C16H20N6OS/c23-16(19-8-11-2-1-4-17-11)13-9-22(6-7-24-13)15-12-3-5-18-14(12)20-10-21-15/h3,5,9-11,17H,1-2,4,6-8H2,(H,19,23)(H,18,20,21)/t11-/m1/s1. The van der Waals surface area contributed by atoms with Crippen LogP contribution in [0.1, 0.15) is 12.8 Å². The van der Waals surface area contributed by atoms with Crippen LogP contribution >= 0.6 is 11.8 Å². The van der Waals surface area contributed by atoms with E-state index in [2.05, 4.69) is 25.6 Å². The summed E-state index contributed by atoms with van der Waals surface area (Å²) in [5.74, 6) is 1.69. The van der Waals surface area contributed by atoms with E-state index < -0.39 is 0 Å².